The summed E-state index contributed by atoms with van der Waals surface area (Å²) in [5, 5.41) is 9.37. The first-order valence-electron chi connectivity index (χ1n) is 5.82. The van der Waals surface area contributed by atoms with Crippen molar-refractivity contribution in [2.75, 3.05) is 0 Å². The quantitative estimate of drug-likeness (QED) is 0.462. The second-order valence-corrected chi connectivity index (χ2v) is 3.66. The van der Waals surface area contributed by atoms with Crippen molar-refractivity contribution < 1.29 is 5.11 Å². The van der Waals surface area contributed by atoms with E-state index < -0.39 is 0 Å². The molecule has 0 aromatic carbocycles. The van der Waals surface area contributed by atoms with Gasteiger partial charge in [0.1, 0.15) is 0 Å². The van der Waals surface area contributed by atoms with E-state index in [4.69, 9.17) is 0 Å². The second kappa shape index (κ2) is 10.5. The number of aliphatic hydroxyl groups excluding tert-OH is 1. The number of rotatable bonds is 8. The van der Waals surface area contributed by atoms with Crippen LogP contribution in [0.4, 0.5) is 0 Å². The maximum Gasteiger partial charge on any atom is 0.0723 e. The molecule has 1 heteroatoms. The minimum Gasteiger partial charge on any atom is -0.389 e. The number of aliphatic hydroxyl groups is 1. The van der Waals surface area contributed by atoms with Gasteiger partial charge in [0.25, 0.3) is 0 Å². The highest BCUT2D eigenvalue weighted by molar-refractivity contribution is 5.04. The lowest BCUT2D eigenvalue weighted by Crippen LogP contribution is -1.99. The van der Waals surface area contributed by atoms with Crippen LogP contribution in [0, 0.1) is 0 Å². The standard InChI is InChI=1S/C13H24O/c1-3-5-6-7-8-9-10-12-13(14)11-4-2/h8-10,12-14H,3-7,11H2,1-2H3. The van der Waals surface area contributed by atoms with Gasteiger partial charge in [0, 0.05) is 0 Å². The Balaban J connectivity index is 3.40. The second-order valence-electron chi connectivity index (χ2n) is 3.66. The van der Waals surface area contributed by atoms with E-state index in [2.05, 4.69) is 19.9 Å². The highest BCUT2D eigenvalue weighted by Crippen LogP contribution is 2.00. The molecule has 14 heavy (non-hydrogen) atoms. The van der Waals surface area contributed by atoms with Gasteiger partial charge in [-0.1, -0.05) is 57.4 Å². The summed E-state index contributed by atoms with van der Waals surface area (Å²) in [6.07, 6.45) is 14.7. The van der Waals surface area contributed by atoms with Crippen molar-refractivity contribution in [1.29, 1.82) is 0 Å². The van der Waals surface area contributed by atoms with E-state index >= 15 is 0 Å². The Labute approximate surface area is 88.5 Å². The predicted molar refractivity (Wildman–Crippen MR) is 63.3 cm³/mol. The molecule has 1 atom stereocenters. The van der Waals surface area contributed by atoms with Crippen molar-refractivity contribution >= 4 is 0 Å². The molecule has 0 aromatic heterocycles. The molecule has 0 aliphatic heterocycles. The van der Waals surface area contributed by atoms with Crippen LogP contribution in [0.1, 0.15) is 52.4 Å². The van der Waals surface area contributed by atoms with Gasteiger partial charge in [0.2, 0.25) is 0 Å². The van der Waals surface area contributed by atoms with Gasteiger partial charge in [-0.05, 0) is 19.3 Å². The van der Waals surface area contributed by atoms with Crippen LogP contribution in [0.25, 0.3) is 0 Å². The molecule has 0 rings (SSSR count). The molecule has 0 bridgehead atoms. The van der Waals surface area contributed by atoms with E-state index in [1.54, 1.807) is 0 Å². The summed E-state index contributed by atoms with van der Waals surface area (Å²) in [7, 11) is 0. The minimum absolute atomic E-state index is 0.264. The van der Waals surface area contributed by atoms with Crippen molar-refractivity contribution in [3.8, 4) is 0 Å². The van der Waals surface area contributed by atoms with Crippen LogP contribution in [-0.4, -0.2) is 11.2 Å². The third-order valence-electron chi connectivity index (χ3n) is 2.14. The van der Waals surface area contributed by atoms with E-state index in [1.165, 1.54) is 19.3 Å². The van der Waals surface area contributed by atoms with Crippen LogP contribution in [0.3, 0.4) is 0 Å². The van der Waals surface area contributed by atoms with Crippen molar-refractivity contribution in [2.24, 2.45) is 0 Å². The number of allylic oxidation sites excluding steroid dienone is 3. The maximum atomic E-state index is 9.37. The number of hydrogen-bond acceptors (Lipinski definition) is 1. The molecule has 1 nitrogen and oxygen atoms in total. The molecule has 0 radical (unpaired) electrons. The highest BCUT2D eigenvalue weighted by Gasteiger charge is 1.93. The summed E-state index contributed by atoms with van der Waals surface area (Å²) < 4.78 is 0. The fourth-order valence-corrected chi connectivity index (χ4v) is 1.27. The Bertz CT molecular complexity index is 159. The minimum atomic E-state index is -0.264. The van der Waals surface area contributed by atoms with Crippen molar-refractivity contribution in [3.05, 3.63) is 24.3 Å². The molecule has 1 N–H and O–H groups in total. The predicted octanol–water partition coefficient (Wildman–Crippen LogP) is 3.84. The van der Waals surface area contributed by atoms with Gasteiger partial charge in [-0.25, -0.2) is 0 Å². The van der Waals surface area contributed by atoms with Gasteiger partial charge >= 0.3 is 0 Å². The third-order valence-corrected chi connectivity index (χ3v) is 2.14. The van der Waals surface area contributed by atoms with E-state index in [-0.39, 0.29) is 6.10 Å². The summed E-state index contributed by atoms with van der Waals surface area (Å²) in [5.41, 5.74) is 0. The molecule has 0 heterocycles. The Morgan fingerprint density at radius 1 is 1.07 bits per heavy atom. The van der Waals surface area contributed by atoms with Crippen molar-refractivity contribution in [2.45, 2.75) is 58.5 Å². The number of hydrogen-bond donors (Lipinski definition) is 1. The summed E-state index contributed by atoms with van der Waals surface area (Å²) in [6, 6.07) is 0. The van der Waals surface area contributed by atoms with Crippen LogP contribution in [-0.2, 0) is 0 Å². The lowest BCUT2D eigenvalue weighted by Gasteiger charge is -1.99. The average molecular weight is 196 g/mol. The SMILES string of the molecule is CCCCCC=CC=CC(O)CCC. The zero-order valence-electron chi connectivity index (χ0n) is 9.58. The molecular formula is C13H24O. The van der Waals surface area contributed by atoms with Gasteiger partial charge in [-0.2, -0.15) is 0 Å². The Morgan fingerprint density at radius 3 is 2.50 bits per heavy atom. The molecule has 0 aliphatic carbocycles. The molecule has 0 aromatic rings. The summed E-state index contributed by atoms with van der Waals surface area (Å²) >= 11 is 0. The van der Waals surface area contributed by atoms with Gasteiger partial charge in [-0.3, -0.25) is 0 Å². The normalized spacial score (nSPS) is 14.2. The average Bonchev–Trinajstić information content (AvgIpc) is 2.17. The maximum absolute atomic E-state index is 9.37. The summed E-state index contributed by atoms with van der Waals surface area (Å²) in [6.45, 7) is 4.29. The van der Waals surface area contributed by atoms with E-state index in [1.807, 2.05) is 18.2 Å². The fourth-order valence-electron chi connectivity index (χ4n) is 1.27. The van der Waals surface area contributed by atoms with Crippen LogP contribution in [0.15, 0.2) is 24.3 Å². The van der Waals surface area contributed by atoms with Crippen LogP contribution in [0.5, 0.6) is 0 Å². The van der Waals surface area contributed by atoms with Gasteiger partial charge in [0.05, 0.1) is 6.10 Å². The molecular weight excluding hydrogens is 172 g/mol. The first kappa shape index (κ1) is 13.4. The fraction of sp³-hybridized carbons (Fsp3) is 0.692. The third kappa shape index (κ3) is 9.53. The summed E-state index contributed by atoms with van der Waals surface area (Å²) in [5.74, 6) is 0. The van der Waals surface area contributed by atoms with Crippen molar-refractivity contribution in [3.63, 3.8) is 0 Å². The summed E-state index contributed by atoms with van der Waals surface area (Å²) in [4.78, 5) is 0. The molecule has 82 valence electrons. The van der Waals surface area contributed by atoms with Crippen molar-refractivity contribution in [1.82, 2.24) is 0 Å². The van der Waals surface area contributed by atoms with Crippen LogP contribution >= 0.6 is 0 Å². The zero-order chi connectivity index (χ0) is 10.6. The Kier molecular flexibility index (Phi) is 10.1. The highest BCUT2D eigenvalue weighted by atomic mass is 16.3. The monoisotopic (exact) mass is 196 g/mol. The van der Waals surface area contributed by atoms with Gasteiger partial charge < -0.3 is 5.11 Å². The molecule has 0 saturated heterocycles. The lowest BCUT2D eigenvalue weighted by molar-refractivity contribution is 0.211. The molecule has 0 amide bonds. The van der Waals surface area contributed by atoms with E-state index in [0.717, 1.165) is 19.3 Å². The largest absolute Gasteiger partial charge is 0.389 e. The van der Waals surface area contributed by atoms with Gasteiger partial charge in [0.15, 0.2) is 0 Å². The van der Waals surface area contributed by atoms with E-state index in [0.29, 0.717) is 0 Å². The topological polar surface area (TPSA) is 20.2 Å². The number of unbranched alkanes of at least 4 members (excludes halogenated alkanes) is 3. The first-order valence-corrected chi connectivity index (χ1v) is 5.82. The Morgan fingerprint density at radius 2 is 1.86 bits per heavy atom. The lowest BCUT2D eigenvalue weighted by atomic mass is 10.2. The van der Waals surface area contributed by atoms with Crippen LogP contribution in [0.2, 0.25) is 0 Å². The smallest absolute Gasteiger partial charge is 0.0723 e. The molecule has 0 spiro atoms. The molecule has 0 saturated carbocycles. The first-order chi connectivity index (χ1) is 6.81. The molecule has 0 aliphatic rings. The Hall–Kier alpha value is -0.560. The van der Waals surface area contributed by atoms with Crippen LogP contribution < -0.4 is 0 Å². The molecule has 0 fully saturated rings. The van der Waals surface area contributed by atoms with Gasteiger partial charge in [-0.15, -0.1) is 0 Å². The molecule has 1 unspecified atom stereocenters. The van der Waals surface area contributed by atoms with E-state index in [9.17, 15) is 5.11 Å². The zero-order valence-corrected chi connectivity index (χ0v) is 9.58.